The maximum atomic E-state index is 12.7. The smallest absolute Gasteiger partial charge is 0.366 e. The predicted molar refractivity (Wildman–Crippen MR) is 52.3 cm³/mol. The van der Waals surface area contributed by atoms with Gasteiger partial charge in [0.05, 0.1) is 22.7 Å². The van der Waals surface area contributed by atoms with Crippen LogP contribution >= 0.6 is 11.6 Å². The lowest BCUT2D eigenvalue weighted by Gasteiger charge is -2.16. The van der Waals surface area contributed by atoms with Gasteiger partial charge in [0.2, 0.25) is 5.91 Å². The highest BCUT2D eigenvalue weighted by Gasteiger charge is 2.40. The highest BCUT2D eigenvalue weighted by atomic mass is 35.5. The number of rotatable bonds is 3. The molecule has 0 spiro atoms. The van der Waals surface area contributed by atoms with E-state index in [-0.39, 0.29) is 0 Å². The largest absolute Gasteiger partial charge is 0.418 e. The van der Waals surface area contributed by atoms with Crippen LogP contribution in [0.5, 0.6) is 0 Å². The summed E-state index contributed by atoms with van der Waals surface area (Å²) in [5.74, 6) is -2.29. The van der Waals surface area contributed by atoms with Gasteiger partial charge < -0.3 is 5.73 Å². The number of amides is 1. The summed E-state index contributed by atoms with van der Waals surface area (Å²) in [5, 5.41) is 0. The van der Waals surface area contributed by atoms with Crippen molar-refractivity contribution in [2.45, 2.75) is 18.5 Å². The topological polar surface area (TPSA) is 56.0 Å². The number of nitrogens with zero attached hydrogens (tertiary/aromatic N) is 1. The van der Waals surface area contributed by atoms with Gasteiger partial charge in [0.15, 0.2) is 0 Å². The third-order valence-electron chi connectivity index (χ3n) is 2.08. The minimum atomic E-state index is -5.05. The van der Waals surface area contributed by atoms with Crippen molar-refractivity contribution < 1.29 is 26.7 Å². The molecule has 1 rings (SSSR count). The van der Waals surface area contributed by atoms with E-state index in [9.17, 15) is 26.7 Å². The van der Waals surface area contributed by atoms with Gasteiger partial charge >= 0.3 is 6.18 Å². The van der Waals surface area contributed by atoms with E-state index in [1.165, 1.54) is 0 Å². The lowest BCUT2D eigenvalue weighted by atomic mass is 10.0. The SMILES string of the molecule is NC(=O)c1c(C(F)F)cnc(CCl)c1C(F)(F)F. The second-order valence-electron chi connectivity index (χ2n) is 3.21. The molecule has 0 atom stereocenters. The zero-order valence-electron chi connectivity index (χ0n) is 8.56. The van der Waals surface area contributed by atoms with Gasteiger partial charge in [-0.1, -0.05) is 0 Å². The summed E-state index contributed by atoms with van der Waals surface area (Å²) in [6.07, 6.45) is -7.88. The number of aromatic nitrogens is 1. The molecular weight excluding hydrogens is 283 g/mol. The number of alkyl halides is 6. The number of hydrogen-bond donors (Lipinski definition) is 1. The van der Waals surface area contributed by atoms with Crippen LogP contribution in [0.3, 0.4) is 0 Å². The Labute approximate surface area is 103 Å². The number of pyridine rings is 1. The fourth-order valence-electron chi connectivity index (χ4n) is 1.40. The van der Waals surface area contributed by atoms with E-state index in [4.69, 9.17) is 17.3 Å². The van der Waals surface area contributed by atoms with Crippen LogP contribution in [-0.4, -0.2) is 10.9 Å². The van der Waals surface area contributed by atoms with Gasteiger partial charge in [-0.05, 0) is 0 Å². The zero-order chi connectivity index (χ0) is 14.1. The van der Waals surface area contributed by atoms with Crippen molar-refractivity contribution in [2.24, 2.45) is 5.73 Å². The van der Waals surface area contributed by atoms with E-state index in [0.29, 0.717) is 6.20 Å². The number of nitrogens with two attached hydrogens (primary N) is 1. The second kappa shape index (κ2) is 5.05. The lowest BCUT2D eigenvalue weighted by Crippen LogP contribution is -2.24. The first-order valence-electron chi connectivity index (χ1n) is 4.43. The van der Waals surface area contributed by atoms with Gasteiger partial charge in [-0.25, -0.2) is 8.78 Å². The van der Waals surface area contributed by atoms with E-state index in [0.717, 1.165) is 0 Å². The van der Waals surface area contributed by atoms with E-state index in [2.05, 4.69) is 4.98 Å². The molecule has 3 nitrogen and oxygen atoms in total. The molecule has 0 aliphatic heterocycles. The number of hydrogen-bond acceptors (Lipinski definition) is 2. The van der Waals surface area contributed by atoms with Crippen LogP contribution in [0.1, 0.15) is 33.6 Å². The first-order chi connectivity index (χ1) is 8.20. The van der Waals surface area contributed by atoms with Crippen LogP contribution in [0.25, 0.3) is 0 Å². The average Bonchev–Trinajstić information content (AvgIpc) is 2.25. The van der Waals surface area contributed by atoms with Crippen molar-refractivity contribution in [2.75, 3.05) is 0 Å². The molecule has 1 aromatic rings. The van der Waals surface area contributed by atoms with E-state index < -0.39 is 46.8 Å². The quantitative estimate of drug-likeness (QED) is 0.687. The molecule has 0 fully saturated rings. The van der Waals surface area contributed by atoms with Gasteiger partial charge in [-0.2, -0.15) is 13.2 Å². The molecule has 1 heterocycles. The minimum Gasteiger partial charge on any atom is -0.366 e. The van der Waals surface area contributed by atoms with Crippen LogP contribution in [0.15, 0.2) is 6.20 Å². The Hall–Kier alpha value is -1.44. The Morgan fingerprint density at radius 3 is 2.33 bits per heavy atom. The van der Waals surface area contributed by atoms with Crippen molar-refractivity contribution in [1.29, 1.82) is 0 Å². The van der Waals surface area contributed by atoms with Crippen LogP contribution in [0.4, 0.5) is 22.0 Å². The zero-order valence-corrected chi connectivity index (χ0v) is 9.32. The summed E-state index contributed by atoms with van der Waals surface area (Å²) in [5.41, 5.74) is -0.0502. The fraction of sp³-hybridized carbons (Fsp3) is 0.333. The molecule has 1 aromatic heterocycles. The molecule has 0 bridgehead atoms. The normalized spacial score (nSPS) is 11.9. The van der Waals surface area contributed by atoms with Gasteiger partial charge in [-0.15, -0.1) is 11.6 Å². The molecule has 0 radical (unpaired) electrons. The van der Waals surface area contributed by atoms with Crippen molar-refractivity contribution in [3.63, 3.8) is 0 Å². The Kier molecular flexibility index (Phi) is 4.10. The Morgan fingerprint density at radius 1 is 1.44 bits per heavy atom. The van der Waals surface area contributed by atoms with E-state index >= 15 is 0 Å². The number of primary amides is 1. The molecule has 9 heteroatoms. The highest BCUT2D eigenvalue weighted by Crippen LogP contribution is 2.37. The third kappa shape index (κ3) is 2.69. The lowest BCUT2D eigenvalue weighted by molar-refractivity contribution is -0.138. The van der Waals surface area contributed by atoms with E-state index in [1.807, 2.05) is 0 Å². The maximum Gasteiger partial charge on any atom is 0.418 e. The molecule has 0 aliphatic carbocycles. The van der Waals surface area contributed by atoms with Crippen molar-refractivity contribution in [3.05, 3.63) is 28.6 Å². The summed E-state index contributed by atoms with van der Waals surface area (Å²) in [6, 6.07) is 0. The molecule has 0 aromatic carbocycles. The minimum absolute atomic E-state index is 0.470. The molecule has 18 heavy (non-hydrogen) atoms. The maximum absolute atomic E-state index is 12.7. The summed E-state index contributed by atoms with van der Waals surface area (Å²) in [4.78, 5) is 14.2. The first kappa shape index (κ1) is 14.6. The Balaban J connectivity index is 3.71. The summed E-state index contributed by atoms with van der Waals surface area (Å²) in [6.45, 7) is 0. The molecule has 1 amide bonds. The second-order valence-corrected chi connectivity index (χ2v) is 3.47. The van der Waals surface area contributed by atoms with Crippen LogP contribution in [0.2, 0.25) is 0 Å². The monoisotopic (exact) mass is 288 g/mol. The van der Waals surface area contributed by atoms with Crippen LogP contribution in [0, 0.1) is 0 Å². The number of halogens is 6. The molecule has 100 valence electrons. The van der Waals surface area contributed by atoms with E-state index in [1.54, 1.807) is 0 Å². The van der Waals surface area contributed by atoms with Crippen molar-refractivity contribution in [1.82, 2.24) is 4.98 Å². The predicted octanol–water partition coefficient (Wildman–Crippen LogP) is 2.88. The first-order valence-corrected chi connectivity index (χ1v) is 4.96. The van der Waals surface area contributed by atoms with Gasteiger partial charge in [-0.3, -0.25) is 9.78 Å². The summed E-state index contributed by atoms with van der Waals surface area (Å²) >= 11 is 5.24. The fourth-order valence-corrected chi connectivity index (χ4v) is 1.61. The van der Waals surface area contributed by atoms with Gasteiger partial charge in [0.25, 0.3) is 6.43 Å². The third-order valence-corrected chi connectivity index (χ3v) is 2.33. The molecule has 0 saturated heterocycles. The Morgan fingerprint density at radius 2 is 2.00 bits per heavy atom. The van der Waals surface area contributed by atoms with Crippen LogP contribution in [-0.2, 0) is 12.1 Å². The van der Waals surface area contributed by atoms with Crippen molar-refractivity contribution >= 4 is 17.5 Å². The molecule has 0 saturated carbocycles. The van der Waals surface area contributed by atoms with Crippen molar-refractivity contribution in [3.8, 4) is 0 Å². The van der Waals surface area contributed by atoms with Gasteiger partial charge in [0.1, 0.15) is 0 Å². The molecule has 2 N–H and O–H groups in total. The summed E-state index contributed by atoms with van der Waals surface area (Å²) in [7, 11) is 0. The Bertz CT molecular complexity index is 475. The molecular formula is C9H6ClF5N2O. The summed E-state index contributed by atoms with van der Waals surface area (Å²) < 4.78 is 63.3. The molecule has 0 aliphatic rings. The molecule has 0 unspecified atom stereocenters. The standard InChI is InChI=1S/C9H6ClF5N2O/c10-1-4-6(9(13,14)15)5(8(16)18)3(2-17-4)7(11)12/h2,7H,1H2,(H2,16,18). The average molecular weight is 289 g/mol. The number of carbonyl (C=O) groups excluding carboxylic acids is 1. The van der Waals surface area contributed by atoms with Gasteiger partial charge in [0, 0.05) is 11.8 Å². The number of carbonyl (C=O) groups is 1. The van der Waals surface area contributed by atoms with Crippen LogP contribution < -0.4 is 5.73 Å². The highest BCUT2D eigenvalue weighted by molar-refractivity contribution is 6.17.